The van der Waals surface area contributed by atoms with Gasteiger partial charge in [0.25, 0.3) is 0 Å². The average Bonchev–Trinajstić information content (AvgIpc) is 3.16. The number of likely N-dealkylation sites (tertiary alicyclic amines) is 1. The third kappa shape index (κ3) is 3.28. The third-order valence-electron chi connectivity index (χ3n) is 5.72. The van der Waals surface area contributed by atoms with Crippen molar-refractivity contribution in [3.8, 4) is 0 Å². The zero-order valence-corrected chi connectivity index (χ0v) is 15.2. The van der Waals surface area contributed by atoms with Crippen molar-refractivity contribution < 1.29 is 9.59 Å². The summed E-state index contributed by atoms with van der Waals surface area (Å²) < 4.78 is 0. The molecule has 26 heavy (non-hydrogen) atoms. The number of hydrogen-bond donors (Lipinski definition) is 3. The van der Waals surface area contributed by atoms with Crippen molar-refractivity contribution in [3.63, 3.8) is 0 Å². The molecule has 0 saturated carbocycles. The molecular formula is C20H26N4O2. The number of aromatic nitrogens is 1. The van der Waals surface area contributed by atoms with Gasteiger partial charge >= 0.3 is 6.03 Å². The average molecular weight is 354 g/mol. The van der Waals surface area contributed by atoms with E-state index >= 15 is 0 Å². The number of carbonyl (C=O) groups is 2. The van der Waals surface area contributed by atoms with Crippen molar-refractivity contribution in [1.82, 2.24) is 20.5 Å². The van der Waals surface area contributed by atoms with Crippen LogP contribution in [0.2, 0.25) is 0 Å². The smallest absolute Gasteiger partial charge is 0.317 e. The van der Waals surface area contributed by atoms with Crippen molar-refractivity contribution in [2.24, 2.45) is 5.92 Å². The number of hydrogen-bond acceptors (Lipinski definition) is 2. The minimum absolute atomic E-state index is 0.0242. The van der Waals surface area contributed by atoms with E-state index in [0.717, 1.165) is 31.3 Å². The van der Waals surface area contributed by atoms with Crippen LogP contribution in [-0.2, 0) is 11.2 Å². The zero-order valence-electron chi connectivity index (χ0n) is 15.2. The first-order valence-electron chi connectivity index (χ1n) is 9.49. The van der Waals surface area contributed by atoms with E-state index in [0.29, 0.717) is 25.4 Å². The van der Waals surface area contributed by atoms with Gasteiger partial charge < -0.3 is 20.5 Å². The minimum atomic E-state index is -0.0242. The Morgan fingerprint density at radius 1 is 1.35 bits per heavy atom. The molecule has 1 aromatic carbocycles. The van der Waals surface area contributed by atoms with Gasteiger partial charge in [0.1, 0.15) is 0 Å². The first-order chi connectivity index (χ1) is 12.6. The first kappa shape index (κ1) is 16.9. The summed E-state index contributed by atoms with van der Waals surface area (Å²) in [5.41, 5.74) is 3.62. The number of nitrogens with one attached hydrogen (secondary N) is 3. The van der Waals surface area contributed by atoms with E-state index in [1.165, 1.54) is 16.5 Å². The predicted molar refractivity (Wildman–Crippen MR) is 101 cm³/mol. The number of urea groups is 1. The number of aromatic amines is 1. The Kier molecular flexibility index (Phi) is 4.57. The minimum Gasteiger partial charge on any atom is -0.361 e. The maximum atomic E-state index is 12.5. The molecule has 2 aromatic rings. The Morgan fingerprint density at radius 2 is 2.23 bits per heavy atom. The number of benzene rings is 1. The molecule has 4 rings (SSSR count). The summed E-state index contributed by atoms with van der Waals surface area (Å²) in [6, 6.07) is 6.33. The summed E-state index contributed by atoms with van der Waals surface area (Å²) in [6.07, 6.45) is 5.38. The lowest BCUT2D eigenvalue weighted by Crippen LogP contribution is -2.42. The van der Waals surface area contributed by atoms with Gasteiger partial charge in [0.05, 0.1) is 6.04 Å². The quantitative estimate of drug-likeness (QED) is 0.791. The molecule has 2 saturated heterocycles. The molecule has 3 amide bonds. The fourth-order valence-corrected chi connectivity index (χ4v) is 4.36. The van der Waals surface area contributed by atoms with E-state index in [9.17, 15) is 9.59 Å². The van der Waals surface area contributed by atoms with E-state index in [1.54, 1.807) is 0 Å². The molecule has 0 aliphatic carbocycles. The van der Waals surface area contributed by atoms with E-state index in [4.69, 9.17) is 0 Å². The van der Waals surface area contributed by atoms with Crippen LogP contribution in [0.25, 0.3) is 10.9 Å². The van der Waals surface area contributed by atoms with E-state index in [1.807, 2.05) is 17.2 Å². The molecule has 2 aliphatic rings. The molecular weight excluding hydrogens is 328 g/mol. The summed E-state index contributed by atoms with van der Waals surface area (Å²) >= 11 is 0. The number of rotatable bonds is 3. The summed E-state index contributed by atoms with van der Waals surface area (Å²) in [6.45, 7) is 4.08. The lowest BCUT2D eigenvalue weighted by molar-refractivity contribution is -0.121. The number of aryl methyl sites for hydroxylation is 1. The summed E-state index contributed by atoms with van der Waals surface area (Å²) in [7, 11) is 0. The Morgan fingerprint density at radius 3 is 3.12 bits per heavy atom. The Balaban J connectivity index is 1.32. The molecule has 3 N–H and O–H groups in total. The summed E-state index contributed by atoms with van der Waals surface area (Å²) in [5.74, 6) is 0.512. The standard InChI is InChI=1S/C20H26N4O2/c1-13-4-2-6-16-19(13)14(10-22-16)8-9-21-20(26)24-11-15-5-3-7-18(25)23-17(15)12-24/h2,4,6,10,15,17,22H,3,5,7-9,11-12H2,1H3,(H,21,26)(H,23,25). The maximum absolute atomic E-state index is 12.5. The van der Waals surface area contributed by atoms with Crippen LogP contribution < -0.4 is 10.6 Å². The molecule has 2 atom stereocenters. The van der Waals surface area contributed by atoms with Gasteiger partial charge in [0.15, 0.2) is 0 Å². The van der Waals surface area contributed by atoms with Crippen LogP contribution >= 0.6 is 0 Å². The lowest BCUT2D eigenvalue weighted by Gasteiger charge is -2.17. The SMILES string of the molecule is Cc1cccc2[nH]cc(CCNC(=O)N3CC4CCCC(=O)NC4C3)c12. The third-order valence-corrected chi connectivity index (χ3v) is 5.72. The van der Waals surface area contributed by atoms with E-state index in [-0.39, 0.29) is 18.0 Å². The van der Waals surface area contributed by atoms with Crippen LogP contribution in [-0.4, -0.2) is 47.5 Å². The molecule has 6 heteroatoms. The highest BCUT2D eigenvalue weighted by Gasteiger charge is 2.37. The Bertz CT molecular complexity index is 828. The summed E-state index contributed by atoms with van der Waals surface area (Å²) in [4.78, 5) is 29.4. The zero-order chi connectivity index (χ0) is 18.1. The number of fused-ring (bicyclic) bond motifs is 2. The number of H-pyrrole nitrogens is 1. The molecule has 1 aromatic heterocycles. The predicted octanol–water partition coefficient (Wildman–Crippen LogP) is 2.33. The molecule has 2 fully saturated rings. The maximum Gasteiger partial charge on any atom is 0.317 e. The molecule has 138 valence electrons. The largest absolute Gasteiger partial charge is 0.361 e. The summed E-state index contributed by atoms with van der Waals surface area (Å²) in [5, 5.41) is 7.37. The van der Waals surface area contributed by atoms with Gasteiger partial charge in [-0.25, -0.2) is 4.79 Å². The van der Waals surface area contributed by atoms with Crippen LogP contribution in [0.3, 0.4) is 0 Å². The highest BCUT2D eigenvalue weighted by atomic mass is 16.2. The van der Waals surface area contributed by atoms with Crippen molar-refractivity contribution in [3.05, 3.63) is 35.5 Å². The Hall–Kier alpha value is -2.50. The second-order valence-corrected chi connectivity index (χ2v) is 7.52. The number of nitrogens with zero attached hydrogens (tertiary/aromatic N) is 1. The van der Waals surface area contributed by atoms with Gasteiger partial charge in [-0.15, -0.1) is 0 Å². The second kappa shape index (κ2) is 7.02. The highest BCUT2D eigenvalue weighted by Crippen LogP contribution is 2.25. The lowest BCUT2D eigenvalue weighted by atomic mass is 9.99. The van der Waals surface area contributed by atoms with Gasteiger partial charge in [0.2, 0.25) is 5.91 Å². The van der Waals surface area contributed by atoms with E-state index in [2.05, 4.69) is 34.7 Å². The van der Waals surface area contributed by atoms with Crippen LogP contribution in [0, 0.1) is 12.8 Å². The van der Waals surface area contributed by atoms with Crippen molar-refractivity contribution in [1.29, 1.82) is 0 Å². The molecule has 2 aliphatic heterocycles. The van der Waals surface area contributed by atoms with Crippen LogP contribution in [0.15, 0.2) is 24.4 Å². The van der Waals surface area contributed by atoms with Gasteiger partial charge in [0, 0.05) is 43.2 Å². The topological polar surface area (TPSA) is 77.2 Å². The molecule has 6 nitrogen and oxygen atoms in total. The number of carbonyl (C=O) groups excluding carboxylic acids is 2. The number of amides is 3. The van der Waals surface area contributed by atoms with Gasteiger partial charge in [-0.2, -0.15) is 0 Å². The van der Waals surface area contributed by atoms with Crippen LogP contribution in [0.4, 0.5) is 4.79 Å². The molecule has 2 unspecified atom stereocenters. The van der Waals surface area contributed by atoms with Gasteiger partial charge in [-0.05, 0) is 49.3 Å². The molecule has 0 radical (unpaired) electrons. The highest BCUT2D eigenvalue weighted by molar-refractivity contribution is 5.86. The van der Waals surface area contributed by atoms with E-state index < -0.39 is 0 Å². The first-order valence-corrected chi connectivity index (χ1v) is 9.49. The molecule has 0 bridgehead atoms. The van der Waals surface area contributed by atoms with Gasteiger partial charge in [-0.1, -0.05) is 12.1 Å². The molecule has 0 spiro atoms. The normalized spacial score (nSPS) is 22.8. The Labute approximate surface area is 153 Å². The van der Waals surface area contributed by atoms with Crippen molar-refractivity contribution >= 4 is 22.8 Å². The van der Waals surface area contributed by atoms with Crippen molar-refractivity contribution in [2.45, 2.75) is 38.6 Å². The fraction of sp³-hybridized carbons (Fsp3) is 0.500. The second-order valence-electron chi connectivity index (χ2n) is 7.52. The van der Waals surface area contributed by atoms with Crippen LogP contribution in [0.5, 0.6) is 0 Å². The molecule has 3 heterocycles. The fourth-order valence-electron chi connectivity index (χ4n) is 4.36. The van der Waals surface area contributed by atoms with Gasteiger partial charge in [-0.3, -0.25) is 4.79 Å². The van der Waals surface area contributed by atoms with Crippen molar-refractivity contribution in [2.75, 3.05) is 19.6 Å². The monoisotopic (exact) mass is 354 g/mol. The van der Waals surface area contributed by atoms with Crippen LogP contribution in [0.1, 0.15) is 30.4 Å².